The lowest BCUT2D eigenvalue weighted by Crippen LogP contribution is -2.22. The molecule has 0 aliphatic carbocycles. The van der Waals surface area contributed by atoms with E-state index in [9.17, 15) is 0 Å². The average molecular weight is 235 g/mol. The molecule has 2 fully saturated rings. The van der Waals surface area contributed by atoms with E-state index in [-0.39, 0.29) is 8.30 Å². The SMILES string of the molecule is CC[P@@]1OC(c2ccccc2)C2CCCN21. The van der Waals surface area contributed by atoms with Crippen LogP contribution in [0.15, 0.2) is 30.3 Å². The number of hydrogen-bond donors (Lipinski definition) is 0. The third kappa shape index (κ3) is 1.69. The van der Waals surface area contributed by atoms with Crippen LogP contribution in [0.5, 0.6) is 0 Å². The molecule has 16 heavy (non-hydrogen) atoms. The van der Waals surface area contributed by atoms with Crippen LogP contribution in [-0.4, -0.2) is 23.4 Å². The maximum atomic E-state index is 6.25. The maximum Gasteiger partial charge on any atom is 0.105 e. The summed E-state index contributed by atoms with van der Waals surface area (Å²) < 4.78 is 8.87. The minimum atomic E-state index is -0.313. The summed E-state index contributed by atoms with van der Waals surface area (Å²) in [6.45, 7) is 3.49. The molecule has 2 saturated heterocycles. The second kappa shape index (κ2) is 4.44. The second-order valence-corrected chi connectivity index (χ2v) is 6.54. The summed E-state index contributed by atoms with van der Waals surface area (Å²) in [5, 5.41) is 0. The fourth-order valence-electron chi connectivity index (χ4n) is 2.81. The Morgan fingerprint density at radius 3 is 2.94 bits per heavy atom. The van der Waals surface area contributed by atoms with Gasteiger partial charge in [-0.05, 0) is 18.4 Å². The Kier molecular flexibility index (Phi) is 2.97. The van der Waals surface area contributed by atoms with Gasteiger partial charge >= 0.3 is 0 Å². The molecule has 2 heterocycles. The fourth-order valence-corrected chi connectivity index (χ4v) is 4.90. The minimum absolute atomic E-state index is 0.313. The van der Waals surface area contributed by atoms with E-state index in [1.54, 1.807) is 0 Å². The molecule has 1 aromatic carbocycles. The molecule has 1 aromatic rings. The molecule has 0 amide bonds. The molecule has 0 saturated carbocycles. The monoisotopic (exact) mass is 235 g/mol. The van der Waals surface area contributed by atoms with Crippen molar-refractivity contribution in [2.24, 2.45) is 0 Å². The van der Waals surface area contributed by atoms with Gasteiger partial charge in [0.1, 0.15) is 14.4 Å². The predicted molar refractivity (Wildman–Crippen MR) is 67.5 cm³/mol. The Hall–Kier alpha value is -0.430. The summed E-state index contributed by atoms with van der Waals surface area (Å²) in [6.07, 6.45) is 4.14. The van der Waals surface area contributed by atoms with Crippen molar-refractivity contribution >= 4 is 8.30 Å². The van der Waals surface area contributed by atoms with Gasteiger partial charge in [0.2, 0.25) is 0 Å². The molecule has 2 aliphatic rings. The number of benzene rings is 1. The number of rotatable bonds is 2. The van der Waals surface area contributed by atoms with E-state index < -0.39 is 0 Å². The third-order valence-corrected chi connectivity index (χ3v) is 5.62. The van der Waals surface area contributed by atoms with Crippen LogP contribution in [0, 0.1) is 0 Å². The molecule has 2 unspecified atom stereocenters. The van der Waals surface area contributed by atoms with Crippen LogP contribution in [0.25, 0.3) is 0 Å². The van der Waals surface area contributed by atoms with Gasteiger partial charge in [0.15, 0.2) is 0 Å². The highest BCUT2D eigenvalue weighted by Gasteiger charge is 2.44. The van der Waals surface area contributed by atoms with Gasteiger partial charge in [-0.2, -0.15) is 0 Å². The van der Waals surface area contributed by atoms with Gasteiger partial charge in [-0.15, -0.1) is 0 Å². The first-order valence-electron chi connectivity index (χ1n) is 6.16. The number of nitrogens with zero attached hydrogens (tertiary/aromatic N) is 1. The molecule has 3 atom stereocenters. The van der Waals surface area contributed by atoms with Crippen LogP contribution < -0.4 is 0 Å². The van der Waals surface area contributed by atoms with Gasteiger partial charge in [-0.1, -0.05) is 37.3 Å². The van der Waals surface area contributed by atoms with E-state index >= 15 is 0 Å². The van der Waals surface area contributed by atoms with Crippen LogP contribution in [-0.2, 0) is 4.52 Å². The van der Waals surface area contributed by atoms with Crippen LogP contribution in [0.2, 0.25) is 0 Å². The van der Waals surface area contributed by atoms with Crippen LogP contribution in [0.4, 0.5) is 0 Å². The zero-order valence-electron chi connectivity index (χ0n) is 9.67. The molecule has 0 N–H and O–H groups in total. The van der Waals surface area contributed by atoms with Crippen LogP contribution in [0.3, 0.4) is 0 Å². The van der Waals surface area contributed by atoms with Gasteiger partial charge in [0.05, 0.1) is 0 Å². The van der Waals surface area contributed by atoms with Gasteiger partial charge in [0, 0.05) is 18.7 Å². The number of hydrogen-bond acceptors (Lipinski definition) is 2. The standard InChI is InChI=1S/C13H18NOP/c1-2-16-14-10-6-9-12(14)13(15-16)11-7-4-3-5-8-11/h3-5,7-8,12-13H,2,6,9-10H2,1H3/t12?,13?,16-/m1/s1. The lowest BCUT2D eigenvalue weighted by molar-refractivity contribution is 0.214. The molecular formula is C13H18NOP. The van der Waals surface area contributed by atoms with Gasteiger partial charge in [-0.25, -0.2) is 0 Å². The Bertz CT molecular complexity index is 356. The zero-order chi connectivity index (χ0) is 11.0. The Morgan fingerprint density at radius 2 is 2.19 bits per heavy atom. The van der Waals surface area contributed by atoms with E-state index in [0.717, 1.165) is 6.16 Å². The maximum absolute atomic E-state index is 6.25. The van der Waals surface area contributed by atoms with E-state index in [0.29, 0.717) is 12.1 Å². The molecule has 0 radical (unpaired) electrons. The fraction of sp³-hybridized carbons (Fsp3) is 0.538. The summed E-state index contributed by atoms with van der Waals surface area (Å²) >= 11 is 0. The van der Waals surface area contributed by atoms with Gasteiger partial charge in [-0.3, -0.25) is 4.67 Å². The summed E-state index contributed by atoms with van der Waals surface area (Å²) in [6, 6.07) is 11.4. The summed E-state index contributed by atoms with van der Waals surface area (Å²) in [7, 11) is -0.313. The van der Waals surface area contributed by atoms with E-state index in [1.165, 1.54) is 24.9 Å². The van der Waals surface area contributed by atoms with Crippen molar-refractivity contribution < 1.29 is 4.52 Å². The first-order valence-corrected chi connectivity index (χ1v) is 7.55. The number of fused-ring (bicyclic) bond motifs is 1. The summed E-state index contributed by atoms with van der Waals surface area (Å²) in [5.74, 6) is 0. The topological polar surface area (TPSA) is 12.5 Å². The largest absolute Gasteiger partial charge is 0.334 e. The van der Waals surface area contributed by atoms with Crippen molar-refractivity contribution in [3.8, 4) is 0 Å². The van der Waals surface area contributed by atoms with Crippen molar-refractivity contribution in [1.29, 1.82) is 0 Å². The Balaban J connectivity index is 1.87. The van der Waals surface area contributed by atoms with Gasteiger partial charge in [0.25, 0.3) is 0 Å². The molecule has 86 valence electrons. The molecule has 0 spiro atoms. The highest BCUT2D eigenvalue weighted by atomic mass is 31.2. The second-order valence-electron chi connectivity index (χ2n) is 4.48. The van der Waals surface area contributed by atoms with E-state index in [2.05, 4.69) is 41.9 Å². The average Bonchev–Trinajstić information content (AvgIpc) is 2.91. The molecular weight excluding hydrogens is 217 g/mol. The summed E-state index contributed by atoms with van der Waals surface area (Å²) in [5.41, 5.74) is 1.36. The normalized spacial score (nSPS) is 34.2. The first-order chi connectivity index (χ1) is 7.90. The Morgan fingerprint density at radius 1 is 1.38 bits per heavy atom. The van der Waals surface area contributed by atoms with Crippen molar-refractivity contribution in [2.45, 2.75) is 31.9 Å². The molecule has 2 aliphatic heterocycles. The zero-order valence-corrected chi connectivity index (χ0v) is 10.6. The van der Waals surface area contributed by atoms with Crippen LogP contribution in [0.1, 0.15) is 31.4 Å². The lowest BCUT2D eigenvalue weighted by Gasteiger charge is -2.19. The van der Waals surface area contributed by atoms with E-state index in [4.69, 9.17) is 4.52 Å². The first kappa shape index (κ1) is 10.7. The van der Waals surface area contributed by atoms with Crippen molar-refractivity contribution in [2.75, 3.05) is 12.7 Å². The van der Waals surface area contributed by atoms with Crippen molar-refractivity contribution in [3.05, 3.63) is 35.9 Å². The molecule has 3 heteroatoms. The smallest absolute Gasteiger partial charge is 0.105 e. The molecule has 2 nitrogen and oxygen atoms in total. The summed E-state index contributed by atoms with van der Waals surface area (Å²) in [4.78, 5) is 0. The third-order valence-electron chi connectivity index (χ3n) is 3.54. The highest BCUT2D eigenvalue weighted by Crippen LogP contribution is 2.59. The molecule has 3 rings (SSSR count). The predicted octanol–water partition coefficient (Wildman–Crippen LogP) is 3.55. The van der Waals surface area contributed by atoms with E-state index in [1.807, 2.05) is 0 Å². The quantitative estimate of drug-likeness (QED) is 0.727. The van der Waals surface area contributed by atoms with Crippen molar-refractivity contribution in [3.63, 3.8) is 0 Å². The molecule has 0 aromatic heterocycles. The lowest BCUT2D eigenvalue weighted by atomic mass is 10.0. The minimum Gasteiger partial charge on any atom is -0.334 e. The van der Waals surface area contributed by atoms with Crippen LogP contribution >= 0.6 is 8.30 Å². The Labute approximate surface area is 98.5 Å². The van der Waals surface area contributed by atoms with Crippen molar-refractivity contribution in [1.82, 2.24) is 4.67 Å². The highest BCUT2D eigenvalue weighted by molar-refractivity contribution is 7.50. The molecule has 0 bridgehead atoms. The van der Waals surface area contributed by atoms with Gasteiger partial charge < -0.3 is 4.52 Å².